The molecule has 61 valence electrons. The van der Waals surface area contributed by atoms with Crippen molar-refractivity contribution in [3.8, 4) is 0 Å². The lowest BCUT2D eigenvalue weighted by Crippen LogP contribution is -2.29. The van der Waals surface area contributed by atoms with Crippen molar-refractivity contribution in [2.45, 2.75) is 32.9 Å². The van der Waals surface area contributed by atoms with Crippen molar-refractivity contribution in [1.82, 2.24) is 0 Å². The minimum atomic E-state index is -3.27. The van der Waals surface area contributed by atoms with E-state index in [0.29, 0.717) is 0 Å². The summed E-state index contributed by atoms with van der Waals surface area (Å²) in [5.41, 5.74) is 0. The predicted octanol–water partition coefficient (Wildman–Crippen LogP) is 2.84. The molecule has 0 aromatic rings. The highest BCUT2D eigenvalue weighted by Crippen LogP contribution is 2.27. The summed E-state index contributed by atoms with van der Waals surface area (Å²) in [5, 5.41) is 0. The molecule has 10 heavy (non-hydrogen) atoms. The van der Waals surface area contributed by atoms with Gasteiger partial charge in [0, 0.05) is 6.42 Å². The minimum absolute atomic E-state index is 0.284. The number of hydrogen-bond acceptors (Lipinski definition) is 0. The van der Waals surface area contributed by atoms with Crippen LogP contribution in [-0.4, -0.2) is 12.1 Å². The molecule has 0 aliphatic rings. The van der Waals surface area contributed by atoms with Gasteiger partial charge in [-0.25, -0.2) is 13.2 Å². The topological polar surface area (TPSA) is 0 Å². The molecule has 0 spiro atoms. The van der Waals surface area contributed by atoms with Gasteiger partial charge in [-0.3, -0.25) is 0 Å². The maximum Gasteiger partial charge on any atom is 0.281 e. The average molecular weight is 153 g/mol. The summed E-state index contributed by atoms with van der Waals surface area (Å²) in [4.78, 5) is 0. The molecule has 1 atom stereocenters. The van der Waals surface area contributed by atoms with Crippen molar-refractivity contribution in [3.63, 3.8) is 0 Å². The highest BCUT2D eigenvalue weighted by molar-refractivity contribution is 4.90. The molecule has 0 bridgehead atoms. The maximum absolute atomic E-state index is 12.4. The van der Waals surface area contributed by atoms with Crippen molar-refractivity contribution in [2.75, 3.05) is 0 Å². The van der Waals surface area contributed by atoms with Crippen molar-refractivity contribution < 1.29 is 13.2 Å². The summed E-state index contributed by atoms with van der Waals surface area (Å²) >= 11 is 0. The Morgan fingerprint density at radius 1 is 1.20 bits per heavy atom. The van der Waals surface area contributed by atoms with Gasteiger partial charge >= 0.3 is 0 Å². The van der Waals surface area contributed by atoms with Gasteiger partial charge in [-0.2, -0.15) is 0 Å². The third-order valence-electron chi connectivity index (χ3n) is 1.09. The lowest BCUT2D eigenvalue weighted by Gasteiger charge is -2.18. The second-order valence-corrected chi connectivity index (χ2v) is 2.70. The molecule has 0 amide bonds. The fraction of sp³-hybridized carbons (Fsp3) is 0.857. The van der Waals surface area contributed by atoms with Crippen LogP contribution in [-0.2, 0) is 0 Å². The molecule has 0 N–H and O–H groups in total. The van der Waals surface area contributed by atoms with Crippen LogP contribution in [0.3, 0.4) is 0 Å². The second kappa shape index (κ2) is 3.26. The highest BCUT2D eigenvalue weighted by Gasteiger charge is 2.37. The molecule has 0 aromatic heterocycles. The van der Waals surface area contributed by atoms with Crippen LogP contribution in [0.25, 0.3) is 0 Å². The SMILES string of the molecule is CC(C)[CH]C(F)(F)C(C)F. The molecule has 0 rings (SSSR count). The van der Waals surface area contributed by atoms with E-state index in [2.05, 4.69) is 0 Å². The molecule has 0 heterocycles. The Morgan fingerprint density at radius 3 is 1.70 bits per heavy atom. The Balaban J connectivity index is 3.87. The van der Waals surface area contributed by atoms with Gasteiger partial charge in [0.1, 0.15) is 0 Å². The van der Waals surface area contributed by atoms with Gasteiger partial charge in [0.2, 0.25) is 0 Å². The van der Waals surface area contributed by atoms with E-state index in [-0.39, 0.29) is 5.92 Å². The van der Waals surface area contributed by atoms with Gasteiger partial charge in [-0.15, -0.1) is 0 Å². The van der Waals surface area contributed by atoms with Gasteiger partial charge in [-0.05, 0) is 12.8 Å². The molecule has 0 saturated carbocycles. The summed E-state index contributed by atoms with van der Waals surface area (Å²) in [6.45, 7) is 4.05. The zero-order chi connectivity index (χ0) is 8.36. The zero-order valence-electron chi connectivity index (χ0n) is 6.37. The summed E-state index contributed by atoms with van der Waals surface area (Å²) in [7, 11) is 0. The average Bonchev–Trinajstić information content (AvgIpc) is 1.60. The molecule has 3 heteroatoms. The quantitative estimate of drug-likeness (QED) is 0.584. The highest BCUT2D eigenvalue weighted by atomic mass is 19.3. The normalized spacial score (nSPS) is 15.9. The van der Waals surface area contributed by atoms with Gasteiger partial charge in [-0.1, -0.05) is 13.8 Å². The van der Waals surface area contributed by atoms with Crippen molar-refractivity contribution >= 4 is 0 Å². The minimum Gasteiger partial charge on any atom is -0.241 e. The Kier molecular flexibility index (Phi) is 3.19. The number of rotatable bonds is 3. The van der Waals surface area contributed by atoms with E-state index in [1.165, 1.54) is 0 Å². The van der Waals surface area contributed by atoms with Crippen molar-refractivity contribution in [2.24, 2.45) is 5.92 Å². The summed E-state index contributed by atoms with van der Waals surface area (Å²) in [6.07, 6.45) is -1.37. The first kappa shape index (κ1) is 9.79. The molecule has 0 aliphatic carbocycles. The molecular weight excluding hydrogens is 141 g/mol. The summed E-state index contributed by atoms with van der Waals surface area (Å²) in [6, 6.07) is 0. The molecule has 0 fully saturated rings. The van der Waals surface area contributed by atoms with Gasteiger partial charge in [0.25, 0.3) is 5.92 Å². The predicted molar refractivity (Wildman–Crippen MR) is 34.7 cm³/mol. The molecular formula is C7H12F3. The first-order chi connectivity index (χ1) is 4.36. The van der Waals surface area contributed by atoms with Crippen LogP contribution >= 0.6 is 0 Å². The summed E-state index contributed by atoms with van der Waals surface area (Å²) < 4.78 is 36.8. The van der Waals surface area contributed by atoms with E-state index in [1.54, 1.807) is 13.8 Å². The van der Waals surface area contributed by atoms with E-state index < -0.39 is 12.1 Å². The maximum atomic E-state index is 12.4. The first-order valence-corrected chi connectivity index (χ1v) is 3.24. The lowest BCUT2D eigenvalue weighted by molar-refractivity contribution is -0.0407. The van der Waals surface area contributed by atoms with Crippen LogP contribution in [0.1, 0.15) is 20.8 Å². The molecule has 1 radical (unpaired) electrons. The molecule has 0 saturated heterocycles. The third-order valence-corrected chi connectivity index (χ3v) is 1.09. The van der Waals surface area contributed by atoms with Crippen LogP contribution in [0.4, 0.5) is 13.2 Å². The van der Waals surface area contributed by atoms with Crippen LogP contribution in [0, 0.1) is 12.3 Å². The fourth-order valence-electron chi connectivity index (χ4n) is 0.577. The molecule has 1 unspecified atom stereocenters. The third kappa shape index (κ3) is 3.08. The van der Waals surface area contributed by atoms with Crippen LogP contribution in [0.15, 0.2) is 0 Å². The molecule has 0 aromatic carbocycles. The lowest BCUT2D eigenvalue weighted by atomic mass is 10.0. The smallest absolute Gasteiger partial charge is 0.241 e. The van der Waals surface area contributed by atoms with Crippen LogP contribution in [0.2, 0.25) is 0 Å². The van der Waals surface area contributed by atoms with E-state index in [1.807, 2.05) is 0 Å². The van der Waals surface area contributed by atoms with Crippen molar-refractivity contribution in [1.29, 1.82) is 0 Å². The van der Waals surface area contributed by atoms with Gasteiger partial charge in [0.15, 0.2) is 6.17 Å². The summed E-state index contributed by atoms with van der Waals surface area (Å²) in [5.74, 6) is -3.55. The standard InChI is InChI=1S/C7H12F3/c1-5(2)4-7(9,10)6(3)8/h4-6H,1-3H3. The zero-order valence-corrected chi connectivity index (χ0v) is 6.37. The first-order valence-electron chi connectivity index (χ1n) is 3.24. The van der Waals surface area contributed by atoms with E-state index >= 15 is 0 Å². The Morgan fingerprint density at radius 2 is 1.60 bits per heavy atom. The van der Waals surface area contributed by atoms with Gasteiger partial charge in [0.05, 0.1) is 0 Å². The van der Waals surface area contributed by atoms with E-state index in [0.717, 1.165) is 13.3 Å². The number of halogens is 3. The monoisotopic (exact) mass is 153 g/mol. The van der Waals surface area contributed by atoms with Crippen LogP contribution < -0.4 is 0 Å². The van der Waals surface area contributed by atoms with Gasteiger partial charge < -0.3 is 0 Å². The second-order valence-electron chi connectivity index (χ2n) is 2.70. The van der Waals surface area contributed by atoms with Crippen LogP contribution in [0.5, 0.6) is 0 Å². The Hall–Kier alpha value is -0.210. The van der Waals surface area contributed by atoms with E-state index in [4.69, 9.17) is 0 Å². The largest absolute Gasteiger partial charge is 0.281 e. The van der Waals surface area contributed by atoms with E-state index in [9.17, 15) is 13.2 Å². The Bertz CT molecular complexity index is 97.0. The number of hydrogen-bond donors (Lipinski definition) is 0. The fourth-order valence-corrected chi connectivity index (χ4v) is 0.577. The Labute approximate surface area is 59.4 Å². The van der Waals surface area contributed by atoms with Crippen molar-refractivity contribution in [3.05, 3.63) is 6.42 Å². The number of alkyl halides is 3. The molecule has 0 nitrogen and oxygen atoms in total. The molecule has 0 aliphatic heterocycles.